The zero-order chi connectivity index (χ0) is 17.4. The fraction of sp³-hybridized carbons (Fsp3) is 0.571. The highest BCUT2D eigenvalue weighted by molar-refractivity contribution is 7.87. The monoisotopic (exact) mass is 368 g/mol. The van der Waals surface area contributed by atoms with Crippen LogP contribution in [0.2, 0.25) is 0 Å². The number of hydrogen-bond acceptors (Lipinski definition) is 5. The predicted octanol–water partition coefficient (Wildman–Crippen LogP) is 4.51. The molecule has 1 atom stereocenters. The molecule has 9 heteroatoms. The molecule has 0 bridgehead atoms. The highest BCUT2D eigenvalue weighted by Gasteiger charge is 2.14. The van der Waals surface area contributed by atoms with Crippen LogP contribution in [0.25, 0.3) is 0 Å². The zero-order valence-corrected chi connectivity index (χ0v) is 14.8. The van der Waals surface area contributed by atoms with Gasteiger partial charge in [-0.25, -0.2) is 9.37 Å². The molecule has 0 N–H and O–H groups in total. The summed E-state index contributed by atoms with van der Waals surface area (Å²) < 4.78 is 48.8. The highest BCUT2D eigenvalue weighted by Crippen LogP contribution is 2.20. The minimum absolute atomic E-state index is 0.239. The van der Waals surface area contributed by atoms with Crippen LogP contribution in [0, 0.1) is 5.92 Å². The van der Waals surface area contributed by atoms with Crippen LogP contribution in [-0.4, -0.2) is 27.3 Å². The Balaban J connectivity index is 2.57. The Bertz CT molecular complexity index is 597. The summed E-state index contributed by atoms with van der Waals surface area (Å²) in [5.74, 6) is -1.25. The van der Waals surface area contributed by atoms with Crippen LogP contribution in [0.4, 0.5) is 13.2 Å². The van der Waals surface area contributed by atoms with Gasteiger partial charge in [0.1, 0.15) is 6.61 Å². The van der Waals surface area contributed by atoms with E-state index in [1.807, 2.05) is 0 Å². The largest absolute Gasteiger partial charge is 0.396 e. The lowest BCUT2D eigenvalue weighted by molar-refractivity contribution is 0.133. The molecular weight excluding hydrogens is 349 g/mol. The average molecular weight is 368 g/mol. The Hall–Kier alpha value is -1.22. The Morgan fingerprint density at radius 3 is 2.74 bits per heavy atom. The van der Waals surface area contributed by atoms with Crippen molar-refractivity contribution in [2.75, 3.05) is 12.4 Å². The van der Waals surface area contributed by atoms with Gasteiger partial charge in [0, 0.05) is 18.4 Å². The van der Waals surface area contributed by atoms with Crippen LogP contribution in [0.15, 0.2) is 27.6 Å². The van der Waals surface area contributed by atoms with E-state index in [4.69, 9.17) is 4.84 Å². The molecule has 0 saturated carbocycles. The van der Waals surface area contributed by atoms with E-state index in [2.05, 4.69) is 24.0 Å². The van der Waals surface area contributed by atoms with Gasteiger partial charge in [0.15, 0.2) is 10.2 Å². The lowest BCUT2D eigenvalue weighted by Crippen LogP contribution is -1.98. The molecule has 1 rings (SSSR count). The summed E-state index contributed by atoms with van der Waals surface area (Å²) in [5, 5.41) is 3.96. The number of aromatic nitrogens is 1. The van der Waals surface area contributed by atoms with Crippen LogP contribution >= 0.6 is 11.3 Å². The van der Waals surface area contributed by atoms with Crippen LogP contribution in [0.3, 0.4) is 0 Å². The van der Waals surface area contributed by atoms with Gasteiger partial charge < -0.3 is 4.84 Å². The summed E-state index contributed by atoms with van der Waals surface area (Å²) in [6.45, 7) is 6.40. The smallest absolute Gasteiger partial charge is 0.301 e. The van der Waals surface area contributed by atoms with Crippen LogP contribution in [0.1, 0.15) is 38.5 Å². The van der Waals surface area contributed by atoms with E-state index in [9.17, 15) is 17.4 Å². The number of halogens is 3. The molecule has 0 aromatic carbocycles. The first-order chi connectivity index (χ1) is 10.8. The summed E-state index contributed by atoms with van der Waals surface area (Å²) in [7, 11) is -1.63. The van der Waals surface area contributed by atoms with Gasteiger partial charge in [-0.15, -0.1) is 11.3 Å². The number of allylic oxidation sites excluding steroid dienone is 1. The molecule has 1 aromatic heterocycles. The summed E-state index contributed by atoms with van der Waals surface area (Å²) in [5.41, 5.74) is 0.593. The molecular formula is C14H19F3N2O2S2. The van der Waals surface area contributed by atoms with E-state index < -0.39 is 29.1 Å². The normalized spacial score (nSPS) is 13.3. The van der Waals surface area contributed by atoms with Gasteiger partial charge in [-0.2, -0.15) is 8.78 Å². The van der Waals surface area contributed by atoms with Crippen LogP contribution in [0.5, 0.6) is 0 Å². The first kappa shape index (κ1) is 19.8. The summed E-state index contributed by atoms with van der Waals surface area (Å²) in [6.07, 6.45) is -0.568. The molecule has 0 radical (unpaired) electrons. The highest BCUT2D eigenvalue weighted by atomic mass is 32.2. The maximum atomic E-state index is 12.7. The summed E-state index contributed by atoms with van der Waals surface area (Å²) >= 11 is 1.13. The van der Waals surface area contributed by atoms with E-state index >= 15 is 0 Å². The van der Waals surface area contributed by atoms with Gasteiger partial charge in [-0.3, -0.25) is 4.21 Å². The van der Waals surface area contributed by atoms with Crippen molar-refractivity contribution < 1.29 is 22.2 Å². The number of oxime groups is 1. The van der Waals surface area contributed by atoms with Gasteiger partial charge in [-0.1, -0.05) is 19.0 Å². The molecule has 23 heavy (non-hydrogen) atoms. The van der Waals surface area contributed by atoms with Crippen LogP contribution < -0.4 is 0 Å². The fourth-order valence-corrected chi connectivity index (χ4v) is 3.56. The minimum atomic E-state index is -2.37. The molecule has 0 aliphatic heterocycles. The van der Waals surface area contributed by atoms with E-state index in [-0.39, 0.29) is 10.1 Å². The Morgan fingerprint density at radius 2 is 2.13 bits per heavy atom. The third kappa shape index (κ3) is 7.26. The van der Waals surface area contributed by atoms with E-state index in [1.165, 1.54) is 6.20 Å². The van der Waals surface area contributed by atoms with Gasteiger partial charge in [0.05, 0.1) is 21.4 Å². The minimum Gasteiger partial charge on any atom is -0.396 e. The molecule has 0 aliphatic carbocycles. The first-order valence-corrected chi connectivity index (χ1v) is 9.15. The standard InChI is InChI=1S/C14H19F3N2O2S2/c1-9(2)4-6-21-19-10(3)12-8-18-14(22-12)23(20)7-5-11(15)13(16)17/h8-9H,4-7H2,1-3H3/b19-10+. The van der Waals surface area contributed by atoms with E-state index in [1.54, 1.807) is 6.92 Å². The van der Waals surface area contributed by atoms with Gasteiger partial charge in [-0.05, 0) is 19.3 Å². The summed E-state index contributed by atoms with van der Waals surface area (Å²) in [6, 6.07) is 0. The molecule has 0 saturated heterocycles. The third-order valence-electron chi connectivity index (χ3n) is 2.74. The van der Waals surface area contributed by atoms with Gasteiger partial charge in [0.25, 0.3) is 0 Å². The van der Waals surface area contributed by atoms with Gasteiger partial charge >= 0.3 is 6.08 Å². The maximum absolute atomic E-state index is 12.7. The second-order valence-corrected chi connectivity index (χ2v) is 7.92. The second-order valence-electron chi connectivity index (χ2n) is 5.15. The lowest BCUT2D eigenvalue weighted by Gasteiger charge is -2.03. The number of thiazole rings is 1. The molecule has 1 aromatic rings. The molecule has 0 fully saturated rings. The number of rotatable bonds is 9. The first-order valence-electron chi connectivity index (χ1n) is 7.02. The van der Waals surface area contributed by atoms with Crippen molar-refractivity contribution in [3.63, 3.8) is 0 Å². The second kappa shape index (κ2) is 9.82. The molecule has 1 unspecified atom stereocenters. The van der Waals surface area contributed by atoms with Crippen molar-refractivity contribution in [3.8, 4) is 0 Å². The number of hydrogen-bond donors (Lipinski definition) is 0. The SMILES string of the molecule is C/C(=N\OCCC(C)C)c1cnc(S(=O)CCC(F)=C(F)F)s1. The Labute approximate surface area is 139 Å². The average Bonchev–Trinajstić information content (AvgIpc) is 2.98. The van der Waals surface area contributed by atoms with Crippen molar-refractivity contribution in [2.45, 2.75) is 38.0 Å². The molecule has 4 nitrogen and oxygen atoms in total. The van der Waals surface area contributed by atoms with E-state index in [0.717, 1.165) is 17.8 Å². The predicted molar refractivity (Wildman–Crippen MR) is 86.0 cm³/mol. The number of nitrogens with zero attached hydrogens (tertiary/aromatic N) is 2. The van der Waals surface area contributed by atoms with Crippen molar-refractivity contribution in [1.29, 1.82) is 0 Å². The topological polar surface area (TPSA) is 51.6 Å². The Morgan fingerprint density at radius 1 is 1.43 bits per heavy atom. The molecule has 0 spiro atoms. The maximum Gasteiger partial charge on any atom is 0.301 e. The van der Waals surface area contributed by atoms with Crippen molar-refractivity contribution in [3.05, 3.63) is 23.0 Å². The lowest BCUT2D eigenvalue weighted by atomic mass is 10.1. The molecule has 1 heterocycles. The molecule has 130 valence electrons. The van der Waals surface area contributed by atoms with Crippen molar-refractivity contribution >= 4 is 27.8 Å². The van der Waals surface area contributed by atoms with Gasteiger partial charge in [0.2, 0.25) is 0 Å². The quantitative estimate of drug-likeness (QED) is 0.366. The molecule has 0 aliphatic rings. The van der Waals surface area contributed by atoms with E-state index in [0.29, 0.717) is 23.1 Å². The Kier molecular flexibility index (Phi) is 8.46. The van der Waals surface area contributed by atoms with Crippen LogP contribution in [-0.2, 0) is 15.6 Å². The fourth-order valence-electron chi connectivity index (χ4n) is 1.37. The third-order valence-corrected chi connectivity index (χ3v) is 5.51. The van der Waals surface area contributed by atoms with Crippen molar-refractivity contribution in [1.82, 2.24) is 4.98 Å². The summed E-state index contributed by atoms with van der Waals surface area (Å²) in [4.78, 5) is 9.83. The zero-order valence-electron chi connectivity index (χ0n) is 13.1. The van der Waals surface area contributed by atoms with Crippen molar-refractivity contribution in [2.24, 2.45) is 11.1 Å². The molecule has 0 amide bonds.